The first-order valence-corrected chi connectivity index (χ1v) is 12.5. The lowest BCUT2D eigenvalue weighted by molar-refractivity contribution is 0.103. The van der Waals surface area contributed by atoms with Crippen LogP contribution in [0, 0.1) is 12.3 Å². The summed E-state index contributed by atoms with van der Waals surface area (Å²) in [6.07, 6.45) is 14.8. The summed E-state index contributed by atoms with van der Waals surface area (Å²) in [5.41, 5.74) is 0.812. The Morgan fingerprint density at radius 1 is 1.25 bits per heavy atom. The minimum Gasteiger partial charge on any atom is -0.289 e. The number of ketones is 1. The number of nitrogens with one attached hydrogen (secondary N) is 1. The molecule has 0 aliphatic carbocycles. The van der Waals surface area contributed by atoms with Gasteiger partial charge in [0, 0.05) is 11.1 Å². The Kier molecular flexibility index (Phi) is 14.8. The molecule has 0 aromatic heterocycles. The van der Waals surface area contributed by atoms with Crippen molar-refractivity contribution in [1.29, 1.82) is 0 Å². The molecule has 0 atom stereocenters. The lowest BCUT2D eigenvalue weighted by Gasteiger charge is -2.13. The van der Waals surface area contributed by atoms with Gasteiger partial charge in [0.2, 0.25) is 0 Å². The molecule has 0 radical (unpaired) electrons. The number of rotatable bonds is 11. The number of unbranched alkanes of at least 4 members (excludes halogenated alkanes) is 1. The predicted octanol–water partition coefficient (Wildman–Crippen LogP) is 6.82. The summed E-state index contributed by atoms with van der Waals surface area (Å²) in [6, 6.07) is 8.72. The Morgan fingerprint density at radius 2 is 1.84 bits per heavy atom. The number of carbonyl (C=O) groups excluding carboxylic acids is 1. The van der Waals surface area contributed by atoms with E-state index in [0.717, 1.165) is 17.3 Å². The summed E-state index contributed by atoms with van der Waals surface area (Å²) in [7, 11) is -3.87. The van der Waals surface area contributed by atoms with Gasteiger partial charge in [-0.15, -0.1) is 12.3 Å². The highest BCUT2D eigenvalue weighted by atomic mass is 79.9. The molecule has 1 aromatic rings. The first-order valence-electron chi connectivity index (χ1n) is 10.3. The van der Waals surface area contributed by atoms with Crippen LogP contribution in [-0.4, -0.2) is 14.2 Å². The monoisotopic (exact) mass is 517 g/mol. The van der Waals surface area contributed by atoms with Crippen molar-refractivity contribution in [2.75, 3.05) is 0 Å². The SMILES string of the molecule is C#CC.C=C/C(NS(=O)(=O)C(/C=C\CCC)=C/C)=C(\C=C(\Br)CC)C(=O)c1ccccc1. The van der Waals surface area contributed by atoms with Crippen LogP contribution in [0.2, 0.25) is 0 Å². The van der Waals surface area contributed by atoms with Crippen LogP contribution in [0.4, 0.5) is 0 Å². The molecule has 172 valence electrons. The summed E-state index contributed by atoms with van der Waals surface area (Å²) >= 11 is 3.42. The molecule has 1 aromatic carbocycles. The first-order chi connectivity index (χ1) is 15.2. The Labute approximate surface area is 202 Å². The van der Waals surface area contributed by atoms with Crippen LogP contribution in [0.5, 0.6) is 0 Å². The molecule has 0 aliphatic rings. The van der Waals surface area contributed by atoms with E-state index >= 15 is 0 Å². The maximum atomic E-state index is 13.1. The molecule has 0 saturated carbocycles. The van der Waals surface area contributed by atoms with Crippen LogP contribution in [-0.2, 0) is 10.0 Å². The Morgan fingerprint density at radius 3 is 2.31 bits per heavy atom. The number of hydrogen-bond acceptors (Lipinski definition) is 3. The number of benzene rings is 1. The maximum Gasteiger partial charge on any atom is 0.261 e. The van der Waals surface area contributed by atoms with Gasteiger partial charge in [0.1, 0.15) is 0 Å². The highest BCUT2D eigenvalue weighted by Gasteiger charge is 2.20. The van der Waals surface area contributed by atoms with Crippen LogP contribution < -0.4 is 4.72 Å². The molecule has 1 N–H and O–H groups in total. The summed E-state index contributed by atoms with van der Waals surface area (Å²) in [4.78, 5) is 13.2. The van der Waals surface area contributed by atoms with Crippen molar-refractivity contribution in [3.63, 3.8) is 0 Å². The molecule has 6 heteroatoms. The maximum absolute atomic E-state index is 13.1. The molecule has 1 rings (SSSR count). The van der Waals surface area contributed by atoms with Crippen molar-refractivity contribution in [1.82, 2.24) is 4.72 Å². The molecule has 0 fully saturated rings. The highest BCUT2D eigenvalue weighted by molar-refractivity contribution is 9.11. The Bertz CT molecular complexity index is 1020. The van der Waals surface area contributed by atoms with Gasteiger partial charge in [0.05, 0.1) is 10.6 Å². The third-order valence-electron chi connectivity index (χ3n) is 3.99. The normalized spacial score (nSPS) is 12.9. The number of terminal acetylenes is 1. The third-order valence-corrected chi connectivity index (χ3v) is 6.26. The highest BCUT2D eigenvalue weighted by Crippen LogP contribution is 2.21. The minimum atomic E-state index is -3.87. The number of Topliss-reactive ketones (excluding diaryl/α,β-unsaturated/α-hetero) is 1. The van der Waals surface area contributed by atoms with E-state index in [9.17, 15) is 13.2 Å². The van der Waals surface area contributed by atoms with Crippen molar-refractivity contribution in [2.24, 2.45) is 0 Å². The van der Waals surface area contributed by atoms with Gasteiger partial charge in [-0.05, 0) is 49.4 Å². The van der Waals surface area contributed by atoms with E-state index in [1.165, 1.54) is 12.2 Å². The van der Waals surface area contributed by atoms with Gasteiger partial charge in [-0.3, -0.25) is 9.52 Å². The van der Waals surface area contributed by atoms with Crippen molar-refractivity contribution in [3.8, 4) is 12.3 Å². The second-order valence-corrected chi connectivity index (χ2v) is 9.15. The molecule has 0 saturated heterocycles. The van der Waals surface area contributed by atoms with Gasteiger partial charge < -0.3 is 0 Å². The fourth-order valence-electron chi connectivity index (χ4n) is 2.39. The standard InChI is InChI=1S/C23H28BrNO3S.C3H4/c1-5-9-11-16-20(7-3)29(27,28)25-22(8-4)21(17-19(24)6-2)23(26)18-14-12-10-13-15-18;1-3-2/h7-8,10-17,25H,4-6,9H2,1-3H3;1H,2H3/b16-11-,19-17+,20-7+,22-21-;. The second kappa shape index (κ2) is 16.1. The first kappa shape index (κ1) is 29.4. The second-order valence-electron chi connectivity index (χ2n) is 6.45. The van der Waals surface area contributed by atoms with E-state index in [1.807, 2.05) is 26.0 Å². The zero-order chi connectivity index (χ0) is 24.6. The quantitative estimate of drug-likeness (QED) is 0.151. The van der Waals surface area contributed by atoms with Gasteiger partial charge in [-0.1, -0.05) is 85.3 Å². The molecule has 0 unspecified atom stereocenters. The zero-order valence-corrected chi connectivity index (χ0v) is 21.6. The van der Waals surface area contributed by atoms with Crippen molar-refractivity contribution in [3.05, 3.63) is 93.5 Å². The summed E-state index contributed by atoms with van der Waals surface area (Å²) in [6.45, 7) is 11.0. The Balaban J connectivity index is 0.00000302. The fraction of sp³-hybridized carbons (Fsp3) is 0.269. The lowest BCUT2D eigenvalue weighted by atomic mass is 10.0. The Hall–Kier alpha value is -2.62. The smallest absolute Gasteiger partial charge is 0.261 e. The number of sulfonamides is 1. The molecule has 0 spiro atoms. The van der Waals surface area contributed by atoms with E-state index in [0.29, 0.717) is 12.0 Å². The van der Waals surface area contributed by atoms with E-state index in [2.05, 4.69) is 39.6 Å². The summed E-state index contributed by atoms with van der Waals surface area (Å²) in [5, 5.41) is 0. The molecular weight excluding hydrogens is 486 g/mol. The minimum absolute atomic E-state index is 0.132. The van der Waals surface area contributed by atoms with Gasteiger partial charge in [-0.2, -0.15) is 0 Å². The van der Waals surface area contributed by atoms with Crippen LogP contribution in [0.15, 0.2) is 87.9 Å². The van der Waals surface area contributed by atoms with Gasteiger partial charge in [0.15, 0.2) is 5.78 Å². The molecular formula is C26H32BrNO3S. The van der Waals surface area contributed by atoms with Crippen LogP contribution in [0.25, 0.3) is 0 Å². The number of halogens is 1. The van der Waals surface area contributed by atoms with Gasteiger partial charge in [-0.25, -0.2) is 8.42 Å². The predicted molar refractivity (Wildman–Crippen MR) is 140 cm³/mol. The fourth-order valence-corrected chi connectivity index (χ4v) is 3.80. The summed E-state index contributed by atoms with van der Waals surface area (Å²) in [5.74, 6) is 1.96. The number of hydrogen-bond donors (Lipinski definition) is 1. The van der Waals surface area contributed by atoms with E-state index in [4.69, 9.17) is 0 Å². The lowest BCUT2D eigenvalue weighted by Crippen LogP contribution is -2.25. The molecule has 0 bridgehead atoms. The van der Waals surface area contributed by atoms with E-state index in [-0.39, 0.29) is 22.0 Å². The zero-order valence-electron chi connectivity index (χ0n) is 19.2. The van der Waals surface area contributed by atoms with Crippen LogP contribution in [0.1, 0.15) is 57.3 Å². The van der Waals surface area contributed by atoms with E-state index in [1.54, 1.807) is 50.3 Å². The molecule has 0 heterocycles. The largest absolute Gasteiger partial charge is 0.289 e. The topological polar surface area (TPSA) is 63.2 Å². The average molecular weight is 519 g/mol. The third kappa shape index (κ3) is 10.1. The molecule has 4 nitrogen and oxygen atoms in total. The van der Waals surface area contributed by atoms with Crippen molar-refractivity contribution in [2.45, 2.75) is 47.0 Å². The summed E-state index contributed by atoms with van der Waals surface area (Å²) < 4.78 is 29.1. The molecule has 32 heavy (non-hydrogen) atoms. The molecule has 0 aliphatic heterocycles. The van der Waals surface area contributed by atoms with Crippen LogP contribution in [0.3, 0.4) is 0 Å². The van der Waals surface area contributed by atoms with Crippen molar-refractivity contribution >= 4 is 31.7 Å². The van der Waals surface area contributed by atoms with Gasteiger partial charge in [0.25, 0.3) is 10.0 Å². The van der Waals surface area contributed by atoms with Gasteiger partial charge >= 0.3 is 0 Å². The van der Waals surface area contributed by atoms with Crippen molar-refractivity contribution < 1.29 is 13.2 Å². The van der Waals surface area contributed by atoms with Crippen LogP contribution >= 0.6 is 15.9 Å². The van der Waals surface area contributed by atoms with E-state index < -0.39 is 10.0 Å². The average Bonchev–Trinajstić information content (AvgIpc) is 2.79. The number of carbonyl (C=O) groups is 1. The number of allylic oxidation sites excluding steroid dienone is 7. The molecule has 0 amide bonds.